The SMILES string of the molecule is Cc1ccc(OCCC(=O)N2CC(O)(C3CC3)C2)cc1. The number of ether oxygens (including phenoxy) is 1. The highest BCUT2D eigenvalue weighted by molar-refractivity contribution is 5.77. The standard InChI is InChI=1S/C16H21NO3/c1-12-2-6-14(7-3-12)20-9-8-15(18)17-10-16(19,11-17)13-4-5-13/h2-3,6-7,13,19H,4-5,8-11H2,1H3. The maximum absolute atomic E-state index is 11.9. The summed E-state index contributed by atoms with van der Waals surface area (Å²) in [5.41, 5.74) is 0.598. The van der Waals surface area contributed by atoms with E-state index in [9.17, 15) is 9.90 Å². The van der Waals surface area contributed by atoms with E-state index in [0.717, 1.165) is 18.6 Å². The molecule has 0 unspecified atom stereocenters. The Morgan fingerprint density at radius 3 is 2.60 bits per heavy atom. The molecule has 0 spiro atoms. The number of aryl methyl sites for hydroxylation is 1. The number of nitrogens with zero attached hydrogens (tertiary/aromatic N) is 1. The van der Waals surface area contributed by atoms with Gasteiger partial charge in [0.15, 0.2) is 0 Å². The largest absolute Gasteiger partial charge is 0.493 e. The van der Waals surface area contributed by atoms with Gasteiger partial charge >= 0.3 is 0 Å². The number of hydrogen-bond donors (Lipinski definition) is 1. The van der Waals surface area contributed by atoms with Gasteiger partial charge in [0.1, 0.15) is 11.4 Å². The van der Waals surface area contributed by atoms with Crippen molar-refractivity contribution in [2.75, 3.05) is 19.7 Å². The fourth-order valence-corrected chi connectivity index (χ4v) is 2.72. The van der Waals surface area contributed by atoms with Crippen LogP contribution in [0.1, 0.15) is 24.8 Å². The lowest BCUT2D eigenvalue weighted by Gasteiger charge is -2.47. The normalized spacial score (nSPS) is 20.4. The van der Waals surface area contributed by atoms with Gasteiger partial charge in [0.2, 0.25) is 5.91 Å². The monoisotopic (exact) mass is 275 g/mol. The van der Waals surface area contributed by atoms with E-state index in [0.29, 0.717) is 32.0 Å². The summed E-state index contributed by atoms with van der Waals surface area (Å²) in [7, 11) is 0. The Hall–Kier alpha value is -1.55. The van der Waals surface area contributed by atoms with E-state index in [2.05, 4.69) is 0 Å². The van der Waals surface area contributed by atoms with E-state index in [1.54, 1.807) is 4.90 Å². The zero-order chi connectivity index (χ0) is 14.2. The summed E-state index contributed by atoms with van der Waals surface area (Å²) < 4.78 is 5.55. The first-order chi connectivity index (χ1) is 9.57. The maximum Gasteiger partial charge on any atom is 0.226 e. The molecule has 1 heterocycles. The van der Waals surface area contributed by atoms with Crippen LogP contribution in [0.2, 0.25) is 0 Å². The molecule has 4 heteroatoms. The molecule has 1 amide bonds. The second-order valence-electron chi connectivity index (χ2n) is 6.04. The van der Waals surface area contributed by atoms with Crippen LogP contribution in [-0.2, 0) is 4.79 Å². The van der Waals surface area contributed by atoms with Crippen molar-refractivity contribution >= 4 is 5.91 Å². The van der Waals surface area contributed by atoms with E-state index >= 15 is 0 Å². The first-order valence-electron chi connectivity index (χ1n) is 7.26. The van der Waals surface area contributed by atoms with Crippen molar-refractivity contribution in [3.05, 3.63) is 29.8 Å². The second kappa shape index (κ2) is 5.09. The van der Waals surface area contributed by atoms with Crippen LogP contribution in [0.3, 0.4) is 0 Å². The minimum Gasteiger partial charge on any atom is -0.493 e. The third-order valence-corrected chi connectivity index (χ3v) is 4.22. The Morgan fingerprint density at radius 2 is 2.00 bits per heavy atom. The minimum atomic E-state index is -0.590. The Labute approximate surface area is 119 Å². The Kier molecular flexibility index (Phi) is 3.42. The number of aliphatic hydroxyl groups is 1. The molecule has 1 saturated heterocycles. The van der Waals surface area contributed by atoms with Gasteiger partial charge in [-0.15, -0.1) is 0 Å². The zero-order valence-electron chi connectivity index (χ0n) is 11.8. The fourth-order valence-electron chi connectivity index (χ4n) is 2.72. The molecule has 1 aromatic rings. The van der Waals surface area contributed by atoms with Crippen LogP contribution < -0.4 is 4.74 Å². The summed E-state index contributed by atoms with van der Waals surface area (Å²) >= 11 is 0. The molecule has 0 radical (unpaired) electrons. The lowest BCUT2D eigenvalue weighted by atomic mass is 9.88. The zero-order valence-corrected chi connectivity index (χ0v) is 11.8. The topological polar surface area (TPSA) is 49.8 Å². The number of hydrogen-bond acceptors (Lipinski definition) is 3. The molecule has 1 N–H and O–H groups in total. The Morgan fingerprint density at radius 1 is 1.35 bits per heavy atom. The van der Waals surface area contributed by atoms with Crippen LogP contribution >= 0.6 is 0 Å². The average molecular weight is 275 g/mol. The third kappa shape index (κ3) is 2.80. The quantitative estimate of drug-likeness (QED) is 0.890. The van der Waals surface area contributed by atoms with Crippen molar-refractivity contribution in [3.8, 4) is 5.75 Å². The number of rotatable bonds is 5. The van der Waals surface area contributed by atoms with E-state index in [4.69, 9.17) is 4.74 Å². The number of benzene rings is 1. The molecular formula is C16H21NO3. The van der Waals surface area contributed by atoms with Gasteiger partial charge in [-0.25, -0.2) is 0 Å². The van der Waals surface area contributed by atoms with Crippen molar-refractivity contribution in [3.63, 3.8) is 0 Å². The van der Waals surface area contributed by atoms with Gasteiger partial charge < -0.3 is 14.7 Å². The van der Waals surface area contributed by atoms with Gasteiger partial charge in [-0.05, 0) is 37.8 Å². The highest BCUT2D eigenvalue weighted by Crippen LogP contribution is 2.44. The van der Waals surface area contributed by atoms with E-state index < -0.39 is 5.60 Å². The summed E-state index contributed by atoms with van der Waals surface area (Å²) in [6, 6.07) is 7.80. The predicted octanol–water partition coefficient (Wildman–Crippen LogP) is 1.75. The molecule has 0 atom stereocenters. The lowest BCUT2D eigenvalue weighted by molar-refractivity contribution is -0.159. The molecule has 4 nitrogen and oxygen atoms in total. The van der Waals surface area contributed by atoms with Crippen LogP contribution in [0.25, 0.3) is 0 Å². The van der Waals surface area contributed by atoms with Gasteiger partial charge in [0.05, 0.1) is 26.1 Å². The fraction of sp³-hybridized carbons (Fsp3) is 0.562. The smallest absolute Gasteiger partial charge is 0.226 e. The molecule has 1 aliphatic carbocycles. The van der Waals surface area contributed by atoms with Crippen LogP contribution in [0.5, 0.6) is 5.75 Å². The molecule has 0 aromatic heterocycles. The van der Waals surface area contributed by atoms with Crippen LogP contribution in [-0.4, -0.2) is 41.2 Å². The van der Waals surface area contributed by atoms with Gasteiger partial charge in [-0.3, -0.25) is 4.79 Å². The molecular weight excluding hydrogens is 254 g/mol. The van der Waals surface area contributed by atoms with Crippen molar-refractivity contribution in [1.29, 1.82) is 0 Å². The number of carbonyl (C=O) groups is 1. The Bertz CT molecular complexity index is 487. The molecule has 1 aromatic carbocycles. The first-order valence-corrected chi connectivity index (χ1v) is 7.26. The Balaban J connectivity index is 1.39. The number of carbonyl (C=O) groups excluding carboxylic acids is 1. The summed E-state index contributed by atoms with van der Waals surface area (Å²) in [6.07, 6.45) is 2.58. The lowest BCUT2D eigenvalue weighted by Crippen LogP contribution is -2.64. The predicted molar refractivity (Wildman–Crippen MR) is 75.5 cm³/mol. The van der Waals surface area contributed by atoms with Gasteiger partial charge in [0, 0.05) is 0 Å². The maximum atomic E-state index is 11.9. The summed E-state index contributed by atoms with van der Waals surface area (Å²) in [5, 5.41) is 10.2. The summed E-state index contributed by atoms with van der Waals surface area (Å²) in [6.45, 7) is 3.42. The van der Waals surface area contributed by atoms with Gasteiger partial charge in [-0.2, -0.15) is 0 Å². The van der Waals surface area contributed by atoms with Crippen molar-refractivity contribution in [2.24, 2.45) is 5.92 Å². The molecule has 2 aliphatic rings. The van der Waals surface area contributed by atoms with E-state index in [1.807, 2.05) is 31.2 Å². The van der Waals surface area contributed by atoms with E-state index in [-0.39, 0.29) is 5.91 Å². The molecule has 2 fully saturated rings. The molecule has 1 aliphatic heterocycles. The highest BCUT2D eigenvalue weighted by Gasteiger charge is 2.52. The minimum absolute atomic E-state index is 0.0717. The highest BCUT2D eigenvalue weighted by atomic mass is 16.5. The summed E-state index contributed by atoms with van der Waals surface area (Å²) in [4.78, 5) is 13.7. The average Bonchev–Trinajstić information content (AvgIpc) is 3.22. The van der Waals surface area contributed by atoms with Crippen LogP contribution in [0.15, 0.2) is 24.3 Å². The molecule has 0 bridgehead atoms. The van der Waals surface area contributed by atoms with Crippen molar-refractivity contribution in [1.82, 2.24) is 4.90 Å². The van der Waals surface area contributed by atoms with Crippen molar-refractivity contribution < 1.29 is 14.6 Å². The van der Waals surface area contributed by atoms with Gasteiger partial charge in [0.25, 0.3) is 0 Å². The second-order valence-corrected chi connectivity index (χ2v) is 6.04. The first kappa shape index (κ1) is 13.4. The van der Waals surface area contributed by atoms with Crippen molar-refractivity contribution in [2.45, 2.75) is 31.8 Å². The number of β-amino-alcohol motifs (C(OH)–C–C–N with tert-alkyl or cyclic N) is 1. The summed E-state index contributed by atoms with van der Waals surface area (Å²) in [5.74, 6) is 1.29. The van der Waals surface area contributed by atoms with Gasteiger partial charge in [-0.1, -0.05) is 17.7 Å². The van der Waals surface area contributed by atoms with Crippen LogP contribution in [0, 0.1) is 12.8 Å². The van der Waals surface area contributed by atoms with Crippen LogP contribution in [0.4, 0.5) is 0 Å². The van der Waals surface area contributed by atoms with E-state index in [1.165, 1.54) is 5.56 Å². The molecule has 1 saturated carbocycles. The third-order valence-electron chi connectivity index (χ3n) is 4.22. The molecule has 108 valence electrons. The number of amides is 1. The molecule has 3 rings (SSSR count). The molecule has 20 heavy (non-hydrogen) atoms. The number of likely N-dealkylation sites (tertiary alicyclic amines) is 1.